The summed E-state index contributed by atoms with van der Waals surface area (Å²) in [7, 11) is 1.58. The van der Waals surface area contributed by atoms with Crippen LogP contribution in [0.15, 0.2) is 24.3 Å². The molecule has 1 heterocycles. The van der Waals surface area contributed by atoms with Gasteiger partial charge in [0.1, 0.15) is 23.0 Å². The summed E-state index contributed by atoms with van der Waals surface area (Å²) in [6, 6.07) is 3.85. The van der Waals surface area contributed by atoms with Crippen LogP contribution in [0.1, 0.15) is 10.5 Å². The molecule has 0 bridgehead atoms. The molecule has 1 amide bonds. The van der Waals surface area contributed by atoms with Gasteiger partial charge in [0.15, 0.2) is 11.6 Å². The van der Waals surface area contributed by atoms with Crippen molar-refractivity contribution in [3.05, 3.63) is 52.4 Å². The molecule has 0 atom stereocenters. The lowest BCUT2D eigenvalue weighted by atomic mass is 10.2. The molecule has 2 N–H and O–H groups in total. The molecule has 0 spiro atoms. The Balaban J connectivity index is 2.35. The van der Waals surface area contributed by atoms with Crippen LogP contribution in [-0.4, -0.2) is 17.9 Å². The predicted octanol–water partition coefficient (Wildman–Crippen LogP) is 3.45. The van der Waals surface area contributed by atoms with Crippen LogP contribution in [0.4, 0.5) is 24.7 Å². The number of nitrogens with zero attached hydrogens (tertiary/aromatic N) is 1. The molecule has 0 aliphatic rings. The highest BCUT2D eigenvalue weighted by Crippen LogP contribution is 2.23. The van der Waals surface area contributed by atoms with Crippen molar-refractivity contribution in [2.24, 2.45) is 0 Å². The van der Waals surface area contributed by atoms with Gasteiger partial charge in [-0.25, -0.2) is 18.2 Å². The zero-order valence-corrected chi connectivity index (χ0v) is 11.4. The number of hydrogen-bond donors (Lipinski definition) is 2. The minimum atomic E-state index is -1.23. The van der Waals surface area contributed by atoms with Crippen LogP contribution in [0.2, 0.25) is 5.02 Å². The highest BCUT2D eigenvalue weighted by molar-refractivity contribution is 6.34. The van der Waals surface area contributed by atoms with Crippen LogP contribution in [0, 0.1) is 17.5 Å². The van der Waals surface area contributed by atoms with Gasteiger partial charge in [0.05, 0.1) is 5.02 Å². The first kappa shape index (κ1) is 15.1. The van der Waals surface area contributed by atoms with Gasteiger partial charge in [-0.1, -0.05) is 11.6 Å². The Kier molecular flexibility index (Phi) is 4.32. The van der Waals surface area contributed by atoms with Gasteiger partial charge in [0.2, 0.25) is 0 Å². The SMILES string of the molecule is CNc1ccc(Cl)c(C(=O)Nc2c(F)cc(F)cc2F)n1. The maximum atomic E-state index is 13.5. The molecule has 2 aromatic rings. The van der Waals surface area contributed by atoms with Gasteiger partial charge in [-0.2, -0.15) is 0 Å². The van der Waals surface area contributed by atoms with Crippen molar-refractivity contribution in [3.8, 4) is 0 Å². The van der Waals surface area contributed by atoms with E-state index in [0.717, 1.165) is 0 Å². The number of hydrogen-bond acceptors (Lipinski definition) is 3. The highest BCUT2D eigenvalue weighted by Gasteiger charge is 2.18. The number of nitrogens with one attached hydrogen (secondary N) is 2. The fourth-order valence-electron chi connectivity index (χ4n) is 1.57. The molecule has 110 valence electrons. The summed E-state index contributed by atoms with van der Waals surface area (Å²) in [6.07, 6.45) is 0. The van der Waals surface area contributed by atoms with Gasteiger partial charge in [-0.15, -0.1) is 0 Å². The Morgan fingerprint density at radius 1 is 1.19 bits per heavy atom. The standard InChI is InChI=1S/C13H9ClF3N3O/c1-18-10-3-2-7(14)11(19-10)13(21)20-12-8(16)4-6(15)5-9(12)17/h2-5H,1H3,(H,18,19)(H,20,21). The molecule has 0 saturated heterocycles. The van der Waals surface area contributed by atoms with Gasteiger partial charge in [-0.05, 0) is 12.1 Å². The summed E-state index contributed by atoms with van der Waals surface area (Å²) in [4.78, 5) is 15.9. The number of anilines is 2. The average Bonchev–Trinajstić information content (AvgIpc) is 2.43. The van der Waals surface area contributed by atoms with Gasteiger partial charge in [-0.3, -0.25) is 4.79 Å². The van der Waals surface area contributed by atoms with Gasteiger partial charge in [0.25, 0.3) is 5.91 Å². The molecule has 4 nitrogen and oxygen atoms in total. The molecular weight excluding hydrogens is 307 g/mol. The zero-order chi connectivity index (χ0) is 15.6. The number of aromatic nitrogens is 1. The van der Waals surface area contributed by atoms with E-state index in [0.29, 0.717) is 18.0 Å². The number of amides is 1. The van der Waals surface area contributed by atoms with Crippen molar-refractivity contribution in [3.63, 3.8) is 0 Å². The van der Waals surface area contributed by atoms with Crippen LogP contribution in [0.25, 0.3) is 0 Å². The van der Waals surface area contributed by atoms with Crippen LogP contribution >= 0.6 is 11.6 Å². The Hall–Kier alpha value is -2.28. The summed E-state index contributed by atoms with van der Waals surface area (Å²) in [5, 5.41) is 4.69. The first-order chi connectivity index (χ1) is 9.92. The zero-order valence-electron chi connectivity index (χ0n) is 10.7. The summed E-state index contributed by atoms with van der Waals surface area (Å²) in [5.41, 5.74) is -0.985. The minimum Gasteiger partial charge on any atom is -0.373 e. The Morgan fingerprint density at radius 3 is 2.38 bits per heavy atom. The highest BCUT2D eigenvalue weighted by atomic mass is 35.5. The fraction of sp³-hybridized carbons (Fsp3) is 0.0769. The van der Waals surface area contributed by atoms with E-state index in [1.807, 2.05) is 5.32 Å². The molecule has 0 saturated carbocycles. The molecule has 8 heteroatoms. The van der Waals surface area contributed by atoms with E-state index >= 15 is 0 Å². The van der Waals surface area contributed by atoms with Crippen molar-refractivity contribution >= 4 is 29.0 Å². The van der Waals surface area contributed by atoms with Crippen LogP contribution in [-0.2, 0) is 0 Å². The molecule has 21 heavy (non-hydrogen) atoms. The summed E-state index contributed by atoms with van der Waals surface area (Å²) in [6.45, 7) is 0. The van der Waals surface area contributed by atoms with Crippen LogP contribution in [0.3, 0.4) is 0 Å². The van der Waals surface area contributed by atoms with Crippen LogP contribution < -0.4 is 10.6 Å². The molecule has 1 aromatic heterocycles. The second-order valence-corrected chi connectivity index (χ2v) is 4.38. The number of pyridine rings is 1. The quantitative estimate of drug-likeness (QED) is 0.912. The number of rotatable bonds is 3. The van der Waals surface area contributed by atoms with Gasteiger partial charge in [0, 0.05) is 19.2 Å². The third-order valence-corrected chi connectivity index (χ3v) is 2.87. The lowest BCUT2D eigenvalue weighted by molar-refractivity contribution is 0.102. The second kappa shape index (κ2) is 6.01. The lowest BCUT2D eigenvalue weighted by Crippen LogP contribution is -2.17. The lowest BCUT2D eigenvalue weighted by Gasteiger charge is -2.09. The Bertz CT molecular complexity index is 686. The van der Waals surface area contributed by atoms with Crippen molar-refractivity contribution < 1.29 is 18.0 Å². The first-order valence-electron chi connectivity index (χ1n) is 5.72. The van der Waals surface area contributed by atoms with E-state index < -0.39 is 29.0 Å². The van der Waals surface area contributed by atoms with E-state index in [4.69, 9.17) is 11.6 Å². The van der Waals surface area contributed by atoms with Crippen molar-refractivity contribution in [2.45, 2.75) is 0 Å². The minimum absolute atomic E-state index is 0.00873. The third kappa shape index (κ3) is 3.25. The number of halogens is 4. The number of benzene rings is 1. The van der Waals surface area contributed by atoms with E-state index in [-0.39, 0.29) is 10.7 Å². The third-order valence-electron chi connectivity index (χ3n) is 2.56. The van der Waals surface area contributed by atoms with E-state index in [1.165, 1.54) is 12.1 Å². The fourth-order valence-corrected chi connectivity index (χ4v) is 1.77. The molecule has 0 unspecified atom stereocenters. The van der Waals surface area contributed by atoms with Crippen molar-refractivity contribution in [1.82, 2.24) is 4.98 Å². The molecular formula is C13H9ClF3N3O. The van der Waals surface area contributed by atoms with Gasteiger partial charge < -0.3 is 10.6 Å². The molecule has 1 aromatic carbocycles. The largest absolute Gasteiger partial charge is 0.373 e. The van der Waals surface area contributed by atoms with Gasteiger partial charge >= 0.3 is 0 Å². The maximum Gasteiger partial charge on any atom is 0.276 e. The topological polar surface area (TPSA) is 54.0 Å². The number of carbonyl (C=O) groups excluding carboxylic acids is 1. The summed E-state index contributed by atoms with van der Waals surface area (Å²) >= 11 is 5.82. The molecule has 0 aliphatic heterocycles. The van der Waals surface area contributed by atoms with E-state index in [1.54, 1.807) is 7.05 Å². The monoisotopic (exact) mass is 315 g/mol. The predicted molar refractivity (Wildman–Crippen MR) is 73.1 cm³/mol. The first-order valence-corrected chi connectivity index (χ1v) is 6.10. The molecule has 0 radical (unpaired) electrons. The Morgan fingerprint density at radius 2 is 1.81 bits per heavy atom. The van der Waals surface area contributed by atoms with Crippen LogP contribution in [0.5, 0.6) is 0 Å². The summed E-state index contributed by atoms with van der Waals surface area (Å²) in [5.74, 6) is -4.12. The Labute approximate surface area is 122 Å². The maximum absolute atomic E-state index is 13.5. The van der Waals surface area contributed by atoms with E-state index in [2.05, 4.69) is 10.3 Å². The summed E-state index contributed by atoms with van der Waals surface area (Å²) < 4.78 is 39.7. The molecule has 2 rings (SSSR count). The molecule has 0 fully saturated rings. The smallest absolute Gasteiger partial charge is 0.276 e. The van der Waals surface area contributed by atoms with Crippen molar-refractivity contribution in [1.29, 1.82) is 0 Å². The second-order valence-electron chi connectivity index (χ2n) is 3.98. The normalized spacial score (nSPS) is 10.3. The molecule has 0 aliphatic carbocycles. The van der Waals surface area contributed by atoms with Crippen molar-refractivity contribution in [2.75, 3.05) is 17.7 Å². The average molecular weight is 316 g/mol. The van der Waals surface area contributed by atoms with E-state index in [9.17, 15) is 18.0 Å². The number of carbonyl (C=O) groups is 1.